The number of carboxylic acids is 1. The van der Waals surface area contributed by atoms with Gasteiger partial charge in [0.15, 0.2) is 0 Å². The number of phenolic OH excluding ortho intramolecular Hbond substituents is 1. The summed E-state index contributed by atoms with van der Waals surface area (Å²) >= 11 is 0. The molecule has 0 aliphatic rings. The zero-order chi connectivity index (χ0) is 20.0. The summed E-state index contributed by atoms with van der Waals surface area (Å²) in [5.74, 6) is -0.438. The molecule has 4 nitrogen and oxygen atoms in total. The maximum Gasteiger partial charge on any atom is 0.303 e. The Bertz CT molecular complexity index is 781. The van der Waals surface area contributed by atoms with Crippen molar-refractivity contribution in [3.05, 3.63) is 63.7 Å². The highest BCUT2D eigenvalue weighted by Crippen LogP contribution is 2.42. The van der Waals surface area contributed by atoms with Crippen LogP contribution in [0.3, 0.4) is 0 Å². The molecule has 0 saturated carbocycles. The van der Waals surface area contributed by atoms with Crippen LogP contribution in [0, 0.1) is 20.8 Å². The molecule has 1 atom stereocenters. The summed E-state index contributed by atoms with van der Waals surface area (Å²) in [7, 11) is 0. The molecule has 0 bridgehead atoms. The fourth-order valence-corrected chi connectivity index (χ4v) is 3.86. The van der Waals surface area contributed by atoms with Crippen LogP contribution < -0.4 is 0 Å². The monoisotopic (exact) mass is 370 g/mol. The molecule has 0 heterocycles. The van der Waals surface area contributed by atoms with Crippen LogP contribution in [0.4, 0.5) is 0 Å². The fraction of sp³-hybridized carbons (Fsp3) is 0.435. The predicted molar refractivity (Wildman–Crippen MR) is 107 cm³/mol. The number of benzene rings is 2. The van der Waals surface area contributed by atoms with Gasteiger partial charge < -0.3 is 15.3 Å². The Labute approximate surface area is 161 Å². The second kappa shape index (κ2) is 9.56. The van der Waals surface area contributed by atoms with Crippen molar-refractivity contribution in [2.24, 2.45) is 0 Å². The third kappa shape index (κ3) is 4.89. The molecular formula is C23H30O4. The minimum Gasteiger partial charge on any atom is -0.507 e. The minimum absolute atomic E-state index is 0.0145. The normalized spacial score (nSPS) is 12.1. The molecule has 1 unspecified atom stereocenters. The van der Waals surface area contributed by atoms with E-state index in [-0.39, 0.29) is 18.9 Å². The van der Waals surface area contributed by atoms with Gasteiger partial charge in [-0.2, -0.15) is 0 Å². The topological polar surface area (TPSA) is 77.8 Å². The molecular weight excluding hydrogens is 340 g/mol. The lowest BCUT2D eigenvalue weighted by Crippen LogP contribution is -2.09. The first-order valence-electron chi connectivity index (χ1n) is 9.57. The summed E-state index contributed by atoms with van der Waals surface area (Å²) in [6, 6.07) is 10.1. The summed E-state index contributed by atoms with van der Waals surface area (Å²) in [6.45, 7) is 5.74. The van der Waals surface area contributed by atoms with Crippen LogP contribution in [-0.2, 0) is 11.4 Å². The Balaban J connectivity index is 2.39. The maximum atomic E-state index is 10.9. The molecule has 2 rings (SSSR count). The molecule has 2 aromatic rings. The van der Waals surface area contributed by atoms with E-state index in [2.05, 4.69) is 12.1 Å². The molecule has 3 N–H and O–H groups in total. The van der Waals surface area contributed by atoms with Crippen LogP contribution in [0.15, 0.2) is 30.3 Å². The number of aromatic hydroxyl groups is 1. The highest BCUT2D eigenvalue weighted by Gasteiger charge is 2.24. The first-order chi connectivity index (χ1) is 12.9. The van der Waals surface area contributed by atoms with Gasteiger partial charge in [-0.05, 0) is 61.4 Å². The first kappa shape index (κ1) is 21.0. The fourth-order valence-electron chi connectivity index (χ4n) is 3.86. The second-order valence-electron chi connectivity index (χ2n) is 7.23. The van der Waals surface area contributed by atoms with E-state index in [1.54, 1.807) is 0 Å². The Kier molecular flexibility index (Phi) is 7.43. The van der Waals surface area contributed by atoms with Crippen LogP contribution in [0.25, 0.3) is 0 Å². The van der Waals surface area contributed by atoms with E-state index in [1.807, 2.05) is 39.0 Å². The van der Waals surface area contributed by atoms with Crippen molar-refractivity contribution < 1.29 is 20.1 Å². The number of aliphatic hydroxyl groups is 1. The number of phenols is 1. The first-order valence-corrected chi connectivity index (χ1v) is 9.57. The van der Waals surface area contributed by atoms with E-state index < -0.39 is 5.97 Å². The molecule has 0 aliphatic heterocycles. The van der Waals surface area contributed by atoms with Gasteiger partial charge in [0, 0.05) is 17.9 Å². The van der Waals surface area contributed by atoms with Gasteiger partial charge in [0.05, 0.1) is 6.61 Å². The summed E-state index contributed by atoms with van der Waals surface area (Å²) in [5.41, 5.74) is 5.58. The molecule has 27 heavy (non-hydrogen) atoms. The smallest absolute Gasteiger partial charge is 0.303 e. The van der Waals surface area contributed by atoms with Crippen molar-refractivity contribution in [2.75, 3.05) is 0 Å². The van der Waals surface area contributed by atoms with Crippen molar-refractivity contribution in [1.82, 2.24) is 0 Å². The lowest BCUT2D eigenvalue weighted by atomic mass is 9.80. The minimum atomic E-state index is -0.759. The summed E-state index contributed by atoms with van der Waals surface area (Å²) < 4.78 is 0. The van der Waals surface area contributed by atoms with Crippen LogP contribution in [0.1, 0.15) is 71.4 Å². The van der Waals surface area contributed by atoms with Crippen molar-refractivity contribution in [3.63, 3.8) is 0 Å². The number of hydrogen-bond donors (Lipinski definition) is 3. The van der Waals surface area contributed by atoms with E-state index in [0.717, 1.165) is 52.6 Å². The van der Waals surface area contributed by atoms with Gasteiger partial charge in [-0.25, -0.2) is 0 Å². The number of aliphatic hydroxyl groups excluding tert-OH is 1. The van der Waals surface area contributed by atoms with Crippen LogP contribution in [0.2, 0.25) is 0 Å². The van der Waals surface area contributed by atoms with Crippen molar-refractivity contribution in [1.29, 1.82) is 0 Å². The van der Waals surface area contributed by atoms with Gasteiger partial charge in [-0.15, -0.1) is 0 Å². The average Bonchev–Trinajstić information content (AvgIpc) is 2.65. The predicted octanol–water partition coefficient (Wildman–Crippen LogP) is 4.98. The van der Waals surface area contributed by atoms with Crippen molar-refractivity contribution >= 4 is 5.97 Å². The molecule has 0 amide bonds. The Morgan fingerprint density at radius 1 is 0.963 bits per heavy atom. The van der Waals surface area contributed by atoms with E-state index in [1.165, 1.54) is 0 Å². The second-order valence-corrected chi connectivity index (χ2v) is 7.23. The van der Waals surface area contributed by atoms with Gasteiger partial charge in [0.2, 0.25) is 0 Å². The summed E-state index contributed by atoms with van der Waals surface area (Å²) in [5, 5.41) is 29.6. The highest BCUT2D eigenvalue weighted by molar-refractivity contribution is 5.66. The lowest BCUT2D eigenvalue weighted by molar-refractivity contribution is -0.137. The zero-order valence-electron chi connectivity index (χ0n) is 16.5. The van der Waals surface area contributed by atoms with Gasteiger partial charge >= 0.3 is 5.97 Å². The van der Waals surface area contributed by atoms with Crippen molar-refractivity contribution in [3.8, 4) is 5.75 Å². The quantitative estimate of drug-likeness (QED) is 0.544. The molecule has 0 fully saturated rings. The number of carbonyl (C=O) groups is 1. The number of hydrogen-bond acceptors (Lipinski definition) is 3. The molecule has 0 spiro atoms. The Hall–Kier alpha value is -2.33. The highest BCUT2D eigenvalue weighted by atomic mass is 16.4. The molecule has 0 aromatic heterocycles. The van der Waals surface area contributed by atoms with Gasteiger partial charge in [-0.1, -0.05) is 43.2 Å². The summed E-state index contributed by atoms with van der Waals surface area (Å²) in [4.78, 5) is 10.7. The maximum absolute atomic E-state index is 10.9. The van der Waals surface area contributed by atoms with Crippen LogP contribution in [0.5, 0.6) is 5.75 Å². The Morgan fingerprint density at radius 3 is 2.22 bits per heavy atom. The van der Waals surface area contributed by atoms with Gasteiger partial charge in [-0.3, -0.25) is 4.79 Å². The van der Waals surface area contributed by atoms with Crippen molar-refractivity contribution in [2.45, 2.75) is 65.4 Å². The standard InChI is InChI=1S/C23H30O4/c1-15-16(2)23(27)22(17(3)20(15)14-24)19(18-10-6-4-7-11-18)12-8-5-9-13-21(25)26/h4,6-7,10-11,19,24,27H,5,8-9,12-14H2,1-3H3,(H,25,26). The molecule has 4 heteroatoms. The molecule has 0 aliphatic carbocycles. The van der Waals surface area contributed by atoms with Crippen LogP contribution >= 0.6 is 0 Å². The molecule has 2 aromatic carbocycles. The number of rotatable bonds is 9. The lowest BCUT2D eigenvalue weighted by Gasteiger charge is -2.25. The van der Waals surface area contributed by atoms with E-state index >= 15 is 0 Å². The summed E-state index contributed by atoms with van der Waals surface area (Å²) in [6.07, 6.45) is 3.40. The average molecular weight is 370 g/mol. The van der Waals surface area contributed by atoms with Crippen LogP contribution in [-0.4, -0.2) is 21.3 Å². The third-order valence-electron chi connectivity index (χ3n) is 5.57. The number of aliphatic carboxylic acids is 1. The van der Waals surface area contributed by atoms with E-state index in [4.69, 9.17) is 5.11 Å². The number of unbranched alkanes of at least 4 members (excludes halogenated alkanes) is 2. The van der Waals surface area contributed by atoms with E-state index in [0.29, 0.717) is 12.2 Å². The third-order valence-corrected chi connectivity index (χ3v) is 5.57. The largest absolute Gasteiger partial charge is 0.507 e. The molecule has 146 valence electrons. The Morgan fingerprint density at radius 2 is 1.63 bits per heavy atom. The van der Waals surface area contributed by atoms with Gasteiger partial charge in [0.25, 0.3) is 0 Å². The zero-order valence-corrected chi connectivity index (χ0v) is 16.5. The SMILES string of the molecule is Cc1c(C)c(CO)c(C)c(C(CCCCCC(=O)O)c2ccccc2)c1O. The van der Waals surface area contributed by atoms with Gasteiger partial charge in [0.1, 0.15) is 5.75 Å². The molecule has 0 radical (unpaired) electrons. The molecule has 0 saturated heterocycles. The number of carboxylic acid groups (broad SMARTS) is 1. The van der Waals surface area contributed by atoms with E-state index in [9.17, 15) is 15.0 Å².